The number of methoxy groups -OCH3 is 2. The maximum Gasteiger partial charge on any atom is 0.161 e. The van der Waals surface area contributed by atoms with Crippen LogP contribution in [0.25, 0.3) is 0 Å². The Bertz CT molecular complexity index is 355. The Morgan fingerprint density at radius 2 is 1.88 bits per heavy atom. The molecular weight excluding hydrogens is 216 g/mol. The van der Waals surface area contributed by atoms with Gasteiger partial charge in [0.15, 0.2) is 11.5 Å². The minimum Gasteiger partial charge on any atom is -0.493 e. The second-order valence-corrected chi connectivity index (χ2v) is 4.09. The molecule has 0 bridgehead atoms. The Kier molecular flexibility index (Phi) is 5.25. The first-order valence-electron chi connectivity index (χ1n) is 5.77. The molecule has 2 unspecified atom stereocenters. The summed E-state index contributed by atoms with van der Waals surface area (Å²) < 4.78 is 10.5. The average molecular weight is 238 g/mol. The van der Waals surface area contributed by atoms with Crippen LogP contribution < -0.4 is 20.5 Å². The first kappa shape index (κ1) is 13.8. The van der Waals surface area contributed by atoms with Crippen molar-refractivity contribution in [2.75, 3.05) is 27.8 Å². The third-order valence-electron chi connectivity index (χ3n) is 3.02. The van der Waals surface area contributed by atoms with E-state index in [0.717, 1.165) is 17.1 Å². The van der Waals surface area contributed by atoms with Gasteiger partial charge >= 0.3 is 0 Å². The maximum absolute atomic E-state index is 5.72. The first-order chi connectivity index (χ1) is 8.17. The van der Waals surface area contributed by atoms with Crippen molar-refractivity contribution in [3.8, 4) is 11.5 Å². The quantitative estimate of drug-likeness (QED) is 0.789. The fourth-order valence-corrected chi connectivity index (χ4v) is 1.96. The topological polar surface area (TPSA) is 56.5 Å². The predicted octanol–water partition coefficient (Wildman–Crippen LogP) is 1.56. The highest BCUT2D eigenvalue weighted by Gasteiger charge is 2.17. The number of rotatable bonds is 6. The summed E-state index contributed by atoms with van der Waals surface area (Å²) in [6.07, 6.45) is 0. The van der Waals surface area contributed by atoms with Gasteiger partial charge in [-0.3, -0.25) is 0 Å². The van der Waals surface area contributed by atoms with Crippen molar-refractivity contribution in [1.82, 2.24) is 5.32 Å². The third kappa shape index (κ3) is 3.11. The molecule has 0 heterocycles. The minimum atomic E-state index is 0.222. The van der Waals surface area contributed by atoms with Gasteiger partial charge < -0.3 is 20.5 Å². The molecule has 0 spiro atoms. The summed E-state index contributed by atoms with van der Waals surface area (Å²) in [6.45, 7) is 2.76. The van der Waals surface area contributed by atoms with E-state index in [1.807, 2.05) is 25.2 Å². The molecule has 0 saturated carbocycles. The Morgan fingerprint density at radius 1 is 1.24 bits per heavy atom. The van der Waals surface area contributed by atoms with Crippen molar-refractivity contribution in [1.29, 1.82) is 0 Å². The highest BCUT2D eigenvalue weighted by atomic mass is 16.5. The predicted molar refractivity (Wildman–Crippen MR) is 69.6 cm³/mol. The van der Waals surface area contributed by atoms with Crippen molar-refractivity contribution < 1.29 is 9.47 Å². The molecule has 0 radical (unpaired) electrons. The van der Waals surface area contributed by atoms with Gasteiger partial charge in [0.05, 0.1) is 14.2 Å². The Morgan fingerprint density at radius 3 is 2.35 bits per heavy atom. The average Bonchev–Trinajstić information content (AvgIpc) is 2.38. The lowest BCUT2D eigenvalue weighted by molar-refractivity contribution is 0.352. The number of ether oxygens (including phenoxy) is 2. The number of nitrogens with one attached hydrogen (secondary N) is 1. The number of benzene rings is 1. The van der Waals surface area contributed by atoms with E-state index in [4.69, 9.17) is 15.2 Å². The van der Waals surface area contributed by atoms with Crippen LogP contribution in [0.15, 0.2) is 18.2 Å². The van der Waals surface area contributed by atoms with E-state index in [9.17, 15) is 0 Å². The molecule has 1 rings (SSSR count). The molecule has 1 aromatic rings. The van der Waals surface area contributed by atoms with Crippen LogP contribution in [-0.4, -0.2) is 27.8 Å². The molecule has 0 saturated heterocycles. The molecule has 3 N–H and O–H groups in total. The molecular formula is C13H22N2O2. The van der Waals surface area contributed by atoms with Crippen LogP contribution in [0, 0.1) is 5.92 Å². The third-order valence-corrected chi connectivity index (χ3v) is 3.02. The number of hydrogen-bond donors (Lipinski definition) is 2. The molecule has 17 heavy (non-hydrogen) atoms. The van der Waals surface area contributed by atoms with Crippen molar-refractivity contribution in [3.63, 3.8) is 0 Å². The van der Waals surface area contributed by atoms with Gasteiger partial charge in [0.1, 0.15) is 0 Å². The largest absolute Gasteiger partial charge is 0.493 e. The lowest BCUT2D eigenvalue weighted by Crippen LogP contribution is -2.28. The molecule has 0 aliphatic rings. The summed E-state index contributed by atoms with van der Waals surface area (Å²) in [5.41, 5.74) is 6.87. The van der Waals surface area contributed by atoms with Crippen LogP contribution in [-0.2, 0) is 0 Å². The van der Waals surface area contributed by atoms with Crippen molar-refractivity contribution in [2.45, 2.75) is 13.0 Å². The molecule has 96 valence electrons. The highest BCUT2D eigenvalue weighted by Crippen LogP contribution is 2.31. The lowest BCUT2D eigenvalue weighted by atomic mass is 9.94. The lowest BCUT2D eigenvalue weighted by Gasteiger charge is -2.23. The summed E-state index contributed by atoms with van der Waals surface area (Å²) >= 11 is 0. The number of nitrogens with two attached hydrogens (primary N) is 1. The van der Waals surface area contributed by atoms with Gasteiger partial charge in [-0.15, -0.1) is 0 Å². The second kappa shape index (κ2) is 6.47. The van der Waals surface area contributed by atoms with Gasteiger partial charge in [-0.1, -0.05) is 13.0 Å². The van der Waals surface area contributed by atoms with Gasteiger partial charge in [0, 0.05) is 6.04 Å². The zero-order chi connectivity index (χ0) is 12.8. The molecule has 0 fully saturated rings. The molecule has 0 aromatic heterocycles. The first-order valence-corrected chi connectivity index (χ1v) is 5.77. The molecule has 4 heteroatoms. The van der Waals surface area contributed by atoms with Crippen LogP contribution in [0.2, 0.25) is 0 Å². The highest BCUT2D eigenvalue weighted by molar-refractivity contribution is 5.43. The Balaban J connectivity index is 3.04. The zero-order valence-electron chi connectivity index (χ0n) is 11.0. The van der Waals surface area contributed by atoms with E-state index >= 15 is 0 Å². The van der Waals surface area contributed by atoms with Crippen LogP contribution in [0.5, 0.6) is 11.5 Å². The van der Waals surface area contributed by atoms with Gasteiger partial charge in [-0.25, -0.2) is 0 Å². The Labute approximate surface area is 103 Å². The fourth-order valence-electron chi connectivity index (χ4n) is 1.96. The van der Waals surface area contributed by atoms with Crippen LogP contribution in [0.1, 0.15) is 18.5 Å². The molecule has 0 aliphatic carbocycles. The monoisotopic (exact) mass is 238 g/mol. The van der Waals surface area contributed by atoms with Crippen molar-refractivity contribution >= 4 is 0 Å². The van der Waals surface area contributed by atoms with E-state index in [2.05, 4.69) is 12.2 Å². The van der Waals surface area contributed by atoms with Crippen LogP contribution >= 0.6 is 0 Å². The van der Waals surface area contributed by atoms with Gasteiger partial charge in [-0.05, 0) is 37.2 Å². The van der Waals surface area contributed by atoms with Gasteiger partial charge in [0.25, 0.3) is 0 Å². The Hall–Kier alpha value is -1.26. The molecule has 4 nitrogen and oxygen atoms in total. The van der Waals surface area contributed by atoms with Crippen LogP contribution in [0.4, 0.5) is 0 Å². The van der Waals surface area contributed by atoms with Gasteiger partial charge in [-0.2, -0.15) is 0 Å². The minimum absolute atomic E-state index is 0.222. The molecule has 0 aliphatic heterocycles. The molecule has 1 aromatic carbocycles. The smallest absolute Gasteiger partial charge is 0.161 e. The van der Waals surface area contributed by atoms with Crippen molar-refractivity contribution in [2.24, 2.45) is 11.7 Å². The standard InChI is InChI=1S/C13H22N2O2/c1-9(8-14)13(15-2)10-5-6-11(16-3)12(7-10)17-4/h5-7,9,13,15H,8,14H2,1-4H3. The van der Waals surface area contributed by atoms with E-state index in [1.165, 1.54) is 0 Å². The second-order valence-electron chi connectivity index (χ2n) is 4.09. The summed E-state index contributed by atoms with van der Waals surface area (Å²) in [4.78, 5) is 0. The summed E-state index contributed by atoms with van der Waals surface area (Å²) in [5.74, 6) is 1.85. The zero-order valence-corrected chi connectivity index (χ0v) is 11.0. The van der Waals surface area contributed by atoms with E-state index in [-0.39, 0.29) is 6.04 Å². The maximum atomic E-state index is 5.72. The van der Waals surface area contributed by atoms with E-state index in [1.54, 1.807) is 14.2 Å². The molecule has 2 atom stereocenters. The SMILES string of the molecule is CNC(c1ccc(OC)c(OC)c1)C(C)CN. The van der Waals surface area contributed by atoms with Crippen LogP contribution in [0.3, 0.4) is 0 Å². The number of hydrogen-bond acceptors (Lipinski definition) is 4. The van der Waals surface area contributed by atoms with Gasteiger partial charge in [0.2, 0.25) is 0 Å². The summed E-state index contributed by atoms with van der Waals surface area (Å²) in [6, 6.07) is 6.17. The van der Waals surface area contributed by atoms with E-state index < -0.39 is 0 Å². The molecule has 0 amide bonds. The summed E-state index contributed by atoms with van der Waals surface area (Å²) in [5, 5.41) is 3.28. The fraction of sp³-hybridized carbons (Fsp3) is 0.538. The normalized spacial score (nSPS) is 14.2. The van der Waals surface area contributed by atoms with E-state index in [0.29, 0.717) is 12.5 Å². The van der Waals surface area contributed by atoms with Crippen molar-refractivity contribution in [3.05, 3.63) is 23.8 Å². The summed E-state index contributed by atoms with van der Waals surface area (Å²) in [7, 11) is 5.21.